The average Bonchev–Trinajstić information content (AvgIpc) is 2.50. The molecule has 0 aliphatic heterocycles. The van der Waals surface area contributed by atoms with Crippen LogP contribution in [-0.2, 0) is 20.7 Å². The summed E-state index contributed by atoms with van der Waals surface area (Å²) in [5, 5.41) is 0. The maximum Gasteiger partial charge on any atom is 0.391 e. The molecule has 0 spiro atoms. The molecule has 3 nitrogen and oxygen atoms in total. The zero-order valence-corrected chi connectivity index (χ0v) is 14.7. The minimum absolute atomic E-state index is 0.0102. The molecule has 0 bridgehead atoms. The summed E-state index contributed by atoms with van der Waals surface area (Å²) in [5.74, 6) is -2.01. The van der Waals surface area contributed by atoms with Gasteiger partial charge in [-0.2, -0.15) is 13.2 Å². The molecule has 0 heterocycles. The first-order valence-electron chi connectivity index (χ1n) is 8.38. The van der Waals surface area contributed by atoms with Gasteiger partial charge in [-0.15, -0.1) is 0 Å². The highest BCUT2D eigenvalue weighted by Gasteiger charge is 2.47. The summed E-state index contributed by atoms with van der Waals surface area (Å²) in [5.41, 5.74) is 2.40. The number of hydrogen-bond acceptors (Lipinski definition) is 3. The molecule has 0 N–H and O–H groups in total. The number of hydrogen-bond donors (Lipinski definition) is 0. The number of benzene rings is 1. The van der Waals surface area contributed by atoms with E-state index in [4.69, 9.17) is 4.74 Å². The molecule has 1 fully saturated rings. The van der Waals surface area contributed by atoms with Crippen LogP contribution in [0, 0.1) is 26.7 Å². The van der Waals surface area contributed by atoms with E-state index in [0.717, 1.165) is 22.3 Å². The summed E-state index contributed by atoms with van der Waals surface area (Å²) in [4.78, 5) is 23.8. The van der Waals surface area contributed by atoms with Gasteiger partial charge in [0.25, 0.3) is 0 Å². The lowest BCUT2D eigenvalue weighted by atomic mass is 9.79. The van der Waals surface area contributed by atoms with E-state index in [-0.39, 0.29) is 32.1 Å². The van der Waals surface area contributed by atoms with E-state index >= 15 is 0 Å². The van der Waals surface area contributed by atoms with Crippen LogP contribution in [-0.4, -0.2) is 24.0 Å². The van der Waals surface area contributed by atoms with E-state index in [0.29, 0.717) is 6.29 Å². The van der Waals surface area contributed by atoms with Crippen molar-refractivity contribution in [1.82, 2.24) is 0 Å². The molecule has 2 rings (SSSR count). The van der Waals surface area contributed by atoms with Crippen molar-refractivity contribution in [2.45, 2.75) is 64.7 Å². The molecule has 1 aliphatic carbocycles. The first-order valence-corrected chi connectivity index (χ1v) is 8.38. The van der Waals surface area contributed by atoms with Gasteiger partial charge in [-0.05, 0) is 63.1 Å². The lowest BCUT2D eigenvalue weighted by Crippen LogP contribution is -2.43. The highest BCUT2D eigenvalue weighted by atomic mass is 19.4. The number of esters is 1. The molecule has 1 aromatic rings. The number of aldehydes is 1. The van der Waals surface area contributed by atoms with Gasteiger partial charge in [0.05, 0.1) is 12.3 Å². The van der Waals surface area contributed by atoms with Crippen LogP contribution in [0.15, 0.2) is 12.1 Å². The normalized spacial score (nSPS) is 24.0. The Morgan fingerprint density at radius 2 is 1.72 bits per heavy atom. The average molecular weight is 356 g/mol. The van der Waals surface area contributed by atoms with Gasteiger partial charge < -0.3 is 4.74 Å². The third kappa shape index (κ3) is 4.61. The highest BCUT2D eigenvalue weighted by molar-refractivity contribution is 5.77. The van der Waals surface area contributed by atoms with Crippen LogP contribution in [0.5, 0.6) is 0 Å². The molecule has 0 radical (unpaired) electrons. The number of carbonyl (C=O) groups is 2. The number of aryl methyl sites for hydroxylation is 3. The van der Waals surface area contributed by atoms with Gasteiger partial charge in [0.2, 0.25) is 0 Å². The maximum absolute atomic E-state index is 12.8. The highest BCUT2D eigenvalue weighted by Crippen LogP contribution is 2.42. The van der Waals surface area contributed by atoms with Crippen LogP contribution in [0.1, 0.15) is 47.9 Å². The number of rotatable bonds is 4. The third-order valence-corrected chi connectivity index (χ3v) is 4.99. The van der Waals surface area contributed by atoms with Gasteiger partial charge in [-0.3, -0.25) is 9.59 Å². The summed E-state index contributed by atoms with van der Waals surface area (Å²) >= 11 is 0. The van der Waals surface area contributed by atoms with Crippen molar-refractivity contribution >= 4 is 12.3 Å². The summed E-state index contributed by atoms with van der Waals surface area (Å²) in [6.45, 7) is 5.75. The van der Waals surface area contributed by atoms with Crippen LogP contribution in [0.25, 0.3) is 0 Å². The van der Waals surface area contributed by atoms with Crippen molar-refractivity contribution in [2.24, 2.45) is 5.92 Å². The molecule has 1 aromatic carbocycles. The van der Waals surface area contributed by atoms with Crippen LogP contribution >= 0.6 is 0 Å². The van der Waals surface area contributed by atoms with Crippen molar-refractivity contribution in [3.63, 3.8) is 0 Å². The van der Waals surface area contributed by atoms with Crippen LogP contribution < -0.4 is 0 Å². The SMILES string of the molecule is Cc1cc(C)c(CC(=O)OC2(C=O)CCC(C(F)(F)F)CC2)c(C)c1. The zero-order valence-electron chi connectivity index (χ0n) is 14.7. The molecule has 25 heavy (non-hydrogen) atoms. The number of ether oxygens (including phenoxy) is 1. The summed E-state index contributed by atoms with van der Waals surface area (Å²) in [6, 6.07) is 3.92. The van der Waals surface area contributed by atoms with Gasteiger partial charge in [-0.25, -0.2) is 0 Å². The zero-order chi connectivity index (χ0) is 18.8. The predicted molar refractivity (Wildman–Crippen MR) is 87.3 cm³/mol. The number of halogens is 3. The van der Waals surface area contributed by atoms with E-state index in [1.54, 1.807) is 0 Å². The van der Waals surface area contributed by atoms with E-state index < -0.39 is 23.7 Å². The Kier molecular flexibility index (Phi) is 5.59. The van der Waals surface area contributed by atoms with Crippen molar-refractivity contribution in [3.8, 4) is 0 Å². The fourth-order valence-corrected chi connectivity index (χ4v) is 3.57. The first kappa shape index (κ1) is 19.5. The summed E-state index contributed by atoms with van der Waals surface area (Å²) in [6.07, 6.45) is -4.33. The second kappa shape index (κ2) is 7.18. The molecule has 138 valence electrons. The molecule has 1 saturated carbocycles. The van der Waals surface area contributed by atoms with Gasteiger partial charge in [-0.1, -0.05) is 17.7 Å². The Balaban J connectivity index is 2.05. The molecule has 0 amide bonds. The summed E-state index contributed by atoms with van der Waals surface area (Å²) < 4.78 is 43.7. The molecule has 0 unspecified atom stereocenters. The summed E-state index contributed by atoms with van der Waals surface area (Å²) in [7, 11) is 0. The fourth-order valence-electron chi connectivity index (χ4n) is 3.57. The van der Waals surface area contributed by atoms with Gasteiger partial charge in [0.1, 0.15) is 0 Å². The lowest BCUT2D eigenvalue weighted by Gasteiger charge is -2.36. The molecule has 1 aliphatic rings. The second-order valence-corrected chi connectivity index (χ2v) is 7.03. The fraction of sp³-hybridized carbons (Fsp3) is 0.579. The first-order chi connectivity index (χ1) is 11.6. The van der Waals surface area contributed by atoms with E-state index in [9.17, 15) is 22.8 Å². The van der Waals surface area contributed by atoms with Crippen molar-refractivity contribution < 1.29 is 27.5 Å². The van der Waals surface area contributed by atoms with Crippen molar-refractivity contribution in [3.05, 3.63) is 34.4 Å². The van der Waals surface area contributed by atoms with Crippen LogP contribution in [0.4, 0.5) is 13.2 Å². The van der Waals surface area contributed by atoms with E-state index in [1.807, 2.05) is 32.9 Å². The smallest absolute Gasteiger partial charge is 0.391 e. The topological polar surface area (TPSA) is 43.4 Å². The minimum Gasteiger partial charge on any atom is -0.451 e. The van der Waals surface area contributed by atoms with E-state index in [1.165, 1.54) is 0 Å². The van der Waals surface area contributed by atoms with E-state index in [2.05, 4.69) is 0 Å². The Hall–Kier alpha value is -1.85. The third-order valence-electron chi connectivity index (χ3n) is 4.99. The van der Waals surface area contributed by atoms with Gasteiger partial charge in [0.15, 0.2) is 11.9 Å². The van der Waals surface area contributed by atoms with Gasteiger partial charge in [0, 0.05) is 0 Å². The predicted octanol–water partition coefficient (Wildman–Crippen LogP) is 4.39. The maximum atomic E-state index is 12.8. The Labute approximate surface area is 145 Å². The quantitative estimate of drug-likeness (QED) is 0.594. The largest absolute Gasteiger partial charge is 0.451 e. The Morgan fingerprint density at radius 1 is 1.20 bits per heavy atom. The molecular weight excluding hydrogens is 333 g/mol. The van der Waals surface area contributed by atoms with Gasteiger partial charge >= 0.3 is 12.1 Å². The molecule has 0 atom stereocenters. The monoisotopic (exact) mass is 356 g/mol. The Bertz CT molecular complexity index is 633. The van der Waals surface area contributed by atoms with Crippen molar-refractivity contribution in [1.29, 1.82) is 0 Å². The second-order valence-electron chi connectivity index (χ2n) is 7.03. The molecule has 0 saturated heterocycles. The lowest BCUT2D eigenvalue weighted by molar-refractivity contribution is -0.197. The van der Waals surface area contributed by atoms with Crippen molar-refractivity contribution in [2.75, 3.05) is 0 Å². The minimum atomic E-state index is -4.27. The van der Waals surface area contributed by atoms with Crippen LogP contribution in [0.3, 0.4) is 0 Å². The number of alkyl halides is 3. The Morgan fingerprint density at radius 3 is 2.16 bits per heavy atom. The molecule has 0 aromatic heterocycles. The van der Waals surface area contributed by atoms with Crippen LogP contribution in [0.2, 0.25) is 0 Å². The number of carbonyl (C=O) groups excluding carboxylic acids is 2. The molecular formula is C19H23F3O3. The molecule has 6 heteroatoms. The standard InChI is InChI=1S/C19H23F3O3/c1-12-8-13(2)16(14(3)9-12)10-17(24)25-18(11-23)6-4-15(5-7-18)19(20,21)22/h8-9,11,15H,4-7,10H2,1-3H3.